The summed E-state index contributed by atoms with van der Waals surface area (Å²) in [4.78, 5) is 16.2. The third kappa shape index (κ3) is 1.87. The molecule has 14 heavy (non-hydrogen) atoms. The molecule has 3 heteroatoms. The molecule has 0 bridgehead atoms. The molecule has 2 nitrogen and oxygen atoms in total. The second kappa shape index (κ2) is 3.81. The fourth-order valence-electron chi connectivity index (χ4n) is 2.13. The Morgan fingerprint density at radius 1 is 1.57 bits per heavy atom. The lowest BCUT2D eigenvalue weighted by molar-refractivity contribution is -0.126. The van der Waals surface area contributed by atoms with Crippen LogP contribution in [0.4, 0.5) is 0 Å². The highest BCUT2D eigenvalue weighted by Gasteiger charge is 2.35. The van der Waals surface area contributed by atoms with E-state index in [0.29, 0.717) is 12.2 Å². The van der Waals surface area contributed by atoms with Gasteiger partial charge in [0.05, 0.1) is 11.4 Å². The van der Waals surface area contributed by atoms with Gasteiger partial charge in [-0.15, -0.1) is 11.3 Å². The fourth-order valence-corrected chi connectivity index (χ4v) is 2.74. The van der Waals surface area contributed by atoms with Gasteiger partial charge in [0.15, 0.2) is 0 Å². The molecule has 0 radical (unpaired) electrons. The first-order valence-corrected chi connectivity index (χ1v) is 6.00. The minimum Gasteiger partial charge on any atom is -0.299 e. The summed E-state index contributed by atoms with van der Waals surface area (Å²) in [6, 6.07) is 0. The zero-order chi connectivity index (χ0) is 10.0. The Morgan fingerprint density at radius 2 is 2.29 bits per heavy atom. The van der Waals surface area contributed by atoms with Crippen LogP contribution >= 0.6 is 11.3 Å². The molecule has 1 aliphatic carbocycles. The van der Waals surface area contributed by atoms with Crippen molar-refractivity contribution < 1.29 is 4.79 Å². The number of hydrogen-bond acceptors (Lipinski definition) is 3. The monoisotopic (exact) mass is 209 g/mol. The molecule has 0 atom stereocenters. The predicted octanol–water partition coefficient (Wildman–Crippen LogP) is 2.84. The van der Waals surface area contributed by atoms with Gasteiger partial charge < -0.3 is 0 Å². The smallest absolute Gasteiger partial charge is 0.145 e. The van der Waals surface area contributed by atoms with Gasteiger partial charge in [-0.25, -0.2) is 4.98 Å². The molecule has 1 aliphatic rings. The summed E-state index contributed by atoms with van der Waals surface area (Å²) >= 11 is 1.58. The number of nitrogens with zero attached hydrogens (tertiary/aromatic N) is 1. The summed E-state index contributed by atoms with van der Waals surface area (Å²) in [6.45, 7) is 2.11. The van der Waals surface area contributed by atoms with E-state index in [1.165, 1.54) is 12.8 Å². The Hall–Kier alpha value is -0.700. The Balaban J connectivity index is 2.02. The maximum absolute atomic E-state index is 12.0. The van der Waals surface area contributed by atoms with E-state index in [4.69, 9.17) is 0 Å². The summed E-state index contributed by atoms with van der Waals surface area (Å²) in [5.41, 5.74) is -0.0499. The van der Waals surface area contributed by atoms with Crippen molar-refractivity contribution in [2.75, 3.05) is 0 Å². The van der Waals surface area contributed by atoms with Crippen LogP contribution < -0.4 is 0 Å². The highest BCUT2D eigenvalue weighted by atomic mass is 32.1. The molecule has 0 amide bonds. The average Bonchev–Trinajstić information content (AvgIpc) is 2.76. The first kappa shape index (κ1) is 9.84. The van der Waals surface area contributed by atoms with Crippen LogP contribution in [0.25, 0.3) is 0 Å². The molecule has 1 fully saturated rings. The van der Waals surface area contributed by atoms with Gasteiger partial charge >= 0.3 is 0 Å². The summed E-state index contributed by atoms with van der Waals surface area (Å²) in [7, 11) is 0. The third-order valence-electron chi connectivity index (χ3n) is 3.18. The lowest BCUT2D eigenvalue weighted by atomic mass is 9.83. The topological polar surface area (TPSA) is 30.0 Å². The molecule has 0 aliphatic heterocycles. The average molecular weight is 209 g/mol. The Labute approximate surface area is 88.4 Å². The van der Waals surface area contributed by atoms with Crippen LogP contribution in [0.3, 0.4) is 0 Å². The van der Waals surface area contributed by atoms with E-state index >= 15 is 0 Å². The quantitative estimate of drug-likeness (QED) is 0.766. The molecule has 2 rings (SSSR count). The summed E-state index contributed by atoms with van der Waals surface area (Å²) in [5.74, 6) is 0.380. The molecule has 76 valence electrons. The van der Waals surface area contributed by atoms with Crippen molar-refractivity contribution in [3.63, 3.8) is 0 Å². The zero-order valence-electron chi connectivity index (χ0n) is 8.45. The van der Waals surface area contributed by atoms with Crippen molar-refractivity contribution in [3.05, 3.63) is 16.6 Å². The second-order valence-electron chi connectivity index (χ2n) is 4.29. The van der Waals surface area contributed by atoms with Crippen molar-refractivity contribution in [1.82, 2.24) is 4.98 Å². The second-order valence-corrected chi connectivity index (χ2v) is 5.27. The first-order valence-electron chi connectivity index (χ1n) is 5.12. The lowest BCUT2D eigenvalue weighted by Gasteiger charge is -2.20. The summed E-state index contributed by atoms with van der Waals surface area (Å²) in [5, 5.41) is 2.89. The molecule has 1 aromatic heterocycles. The van der Waals surface area contributed by atoms with Gasteiger partial charge in [-0.3, -0.25) is 4.79 Å². The van der Waals surface area contributed by atoms with Gasteiger partial charge in [-0.2, -0.15) is 0 Å². The molecule has 0 aromatic carbocycles. The molecule has 0 spiro atoms. The molecular formula is C11H15NOS. The number of carbonyl (C=O) groups is 1. The number of ketones is 1. The van der Waals surface area contributed by atoms with Gasteiger partial charge in [0.25, 0.3) is 0 Å². The van der Waals surface area contributed by atoms with E-state index in [-0.39, 0.29) is 5.41 Å². The number of thiazole rings is 1. The minimum atomic E-state index is -0.0499. The molecule has 1 saturated carbocycles. The molecule has 1 aromatic rings. The maximum atomic E-state index is 12.0. The van der Waals surface area contributed by atoms with Crippen LogP contribution in [0.2, 0.25) is 0 Å². The normalized spacial score (nSPS) is 19.8. The van der Waals surface area contributed by atoms with E-state index in [9.17, 15) is 4.79 Å². The predicted molar refractivity (Wildman–Crippen MR) is 57.4 cm³/mol. The molecule has 0 saturated heterocycles. The van der Waals surface area contributed by atoms with Gasteiger partial charge in [0.1, 0.15) is 5.78 Å². The van der Waals surface area contributed by atoms with Gasteiger partial charge in [0.2, 0.25) is 0 Å². The summed E-state index contributed by atoms with van der Waals surface area (Å²) in [6.07, 6.45) is 6.85. The van der Waals surface area contributed by atoms with Gasteiger partial charge in [-0.05, 0) is 12.8 Å². The van der Waals surface area contributed by atoms with Gasteiger partial charge in [-0.1, -0.05) is 19.8 Å². The van der Waals surface area contributed by atoms with E-state index in [2.05, 4.69) is 11.9 Å². The zero-order valence-corrected chi connectivity index (χ0v) is 9.27. The largest absolute Gasteiger partial charge is 0.299 e. The highest BCUT2D eigenvalue weighted by molar-refractivity contribution is 7.09. The van der Waals surface area contributed by atoms with Crippen molar-refractivity contribution in [1.29, 1.82) is 0 Å². The fraction of sp³-hybridized carbons (Fsp3) is 0.636. The van der Waals surface area contributed by atoms with Crippen molar-refractivity contribution in [2.24, 2.45) is 5.41 Å². The van der Waals surface area contributed by atoms with E-state index in [1.54, 1.807) is 17.5 Å². The van der Waals surface area contributed by atoms with Crippen LogP contribution in [0.15, 0.2) is 11.6 Å². The van der Waals surface area contributed by atoms with E-state index in [0.717, 1.165) is 17.8 Å². The SMILES string of the molecule is CC1(C(=O)Cc2nccs2)CCCC1. The number of hydrogen-bond donors (Lipinski definition) is 0. The van der Waals surface area contributed by atoms with Crippen molar-refractivity contribution >= 4 is 17.1 Å². The standard InChI is InChI=1S/C11H15NOS/c1-11(4-2-3-5-11)9(13)8-10-12-6-7-14-10/h6-7H,2-5,8H2,1H3. The van der Waals surface area contributed by atoms with Crippen LogP contribution in [-0.4, -0.2) is 10.8 Å². The van der Waals surface area contributed by atoms with E-state index in [1.807, 2.05) is 5.38 Å². The molecule has 0 N–H and O–H groups in total. The molecule has 0 unspecified atom stereocenters. The van der Waals surface area contributed by atoms with Crippen LogP contribution in [-0.2, 0) is 11.2 Å². The minimum absolute atomic E-state index is 0.0499. The van der Waals surface area contributed by atoms with Crippen LogP contribution in [0.5, 0.6) is 0 Å². The lowest BCUT2D eigenvalue weighted by Crippen LogP contribution is -2.25. The number of rotatable bonds is 3. The number of carbonyl (C=O) groups excluding carboxylic acids is 1. The number of Topliss-reactive ketones (excluding diaryl/α,β-unsaturated/α-hetero) is 1. The van der Waals surface area contributed by atoms with Crippen LogP contribution in [0.1, 0.15) is 37.6 Å². The van der Waals surface area contributed by atoms with E-state index < -0.39 is 0 Å². The Bertz CT molecular complexity index is 312. The molecular weight excluding hydrogens is 194 g/mol. The highest BCUT2D eigenvalue weighted by Crippen LogP contribution is 2.39. The molecule has 1 heterocycles. The third-order valence-corrected chi connectivity index (χ3v) is 3.96. The van der Waals surface area contributed by atoms with Crippen LogP contribution in [0, 0.1) is 5.41 Å². The Kier molecular flexibility index (Phi) is 2.68. The van der Waals surface area contributed by atoms with Crippen molar-refractivity contribution in [3.8, 4) is 0 Å². The number of aromatic nitrogens is 1. The van der Waals surface area contributed by atoms with Crippen molar-refractivity contribution in [2.45, 2.75) is 39.0 Å². The first-order chi connectivity index (χ1) is 6.71. The summed E-state index contributed by atoms with van der Waals surface area (Å²) < 4.78 is 0. The maximum Gasteiger partial charge on any atom is 0.145 e. The Morgan fingerprint density at radius 3 is 2.86 bits per heavy atom. The van der Waals surface area contributed by atoms with Gasteiger partial charge in [0, 0.05) is 17.0 Å².